The van der Waals surface area contributed by atoms with Gasteiger partial charge >= 0.3 is 0 Å². The molecule has 2 N–H and O–H groups in total. The highest BCUT2D eigenvalue weighted by Gasteiger charge is 2.10. The number of nitrogens with zero attached hydrogens (tertiary/aromatic N) is 2. The third-order valence-electron chi connectivity index (χ3n) is 2.35. The van der Waals surface area contributed by atoms with Crippen LogP contribution in [0, 0.1) is 18.6 Å². The number of anilines is 1. The number of rotatable bonds is 2. The van der Waals surface area contributed by atoms with Gasteiger partial charge in [-0.25, -0.2) is 13.5 Å². The summed E-state index contributed by atoms with van der Waals surface area (Å²) in [5.41, 5.74) is 7.01. The molecule has 0 saturated carbocycles. The number of benzene rings is 1. The summed E-state index contributed by atoms with van der Waals surface area (Å²) in [5.74, 6) is -0.782. The Morgan fingerprint density at radius 3 is 2.35 bits per heavy atom. The van der Waals surface area contributed by atoms with E-state index in [2.05, 4.69) is 21.0 Å². The van der Waals surface area contributed by atoms with Gasteiger partial charge < -0.3 is 5.73 Å². The number of hydrogen-bond donors (Lipinski definition) is 1. The van der Waals surface area contributed by atoms with Gasteiger partial charge in [0, 0.05) is 6.07 Å². The van der Waals surface area contributed by atoms with Crippen molar-refractivity contribution in [2.45, 2.75) is 13.5 Å². The summed E-state index contributed by atoms with van der Waals surface area (Å²) >= 11 is 3.29. The van der Waals surface area contributed by atoms with Gasteiger partial charge in [-0.05, 0) is 40.5 Å². The van der Waals surface area contributed by atoms with E-state index in [-0.39, 0.29) is 6.54 Å². The number of hydrogen-bond acceptors (Lipinski definition) is 2. The zero-order valence-corrected chi connectivity index (χ0v) is 10.6. The zero-order valence-electron chi connectivity index (χ0n) is 9.04. The van der Waals surface area contributed by atoms with Gasteiger partial charge in [0.1, 0.15) is 17.5 Å². The minimum atomic E-state index is -0.610. The Kier molecular flexibility index (Phi) is 3.15. The second kappa shape index (κ2) is 4.44. The first-order valence-corrected chi connectivity index (χ1v) is 5.70. The molecule has 0 unspecified atom stereocenters. The van der Waals surface area contributed by atoms with Crippen LogP contribution in [0.5, 0.6) is 0 Å². The molecular weight excluding hydrogens is 292 g/mol. The minimum Gasteiger partial charge on any atom is -0.383 e. The van der Waals surface area contributed by atoms with E-state index in [0.29, 0.717) is 15.9 Å². The van der Waals surface area contributed by atoms with E-state index in [0.717, 1.165) is 11.8 Å². The molecule has 0 bridgehead atoms. The van der Waals surface area contributed by atoms with E-state index in [4.69, 9.17) is 5.73 Å². The van der Waals surface area contributed by atoms with E-state index in [9.17, 15) is 8.78 Å². The summed E-state index contributed by atoms with van der Waals surface area (Å²) in [7, 11) is 0. The third kappa shape index (κ3) is 2.46. The second-order valence-electron chi connectivity index (χ2n) is 3.72. The van der Waals surface area contributed by atoms with E-state index < -0.39 is 11.6 Å². The smallest absolute Gasteiger partial charge is 0.136 e. The lowest BCUT2D eigenvalue weighted by Gasteiger charge is -2.05. The van der Waals surface area contributed by atoms with Crippen molar-refractivity contribution >= 4 is 21.7 Å². The van der Waals surface area contributed by atoms with Crippen LogP contribution in [0.1, 0.15) is 11.3 Å². The molecule has 1 aromatic carbocycles. The van der Waals surface area contributed by atoms with Gasteiger partial charge in [0.25, 0.3) is 0 Å². The molecule has 0 radical (unpaired) electrons. The molecule has 0 saturated heterocycles. The number of nitrogens with two attached hydrogens (primary N) is 1. The maximum Gasteiger partial charge on any atom is 0.136 e. The molecule has 2 aromatic rings. The molecule has 1 aromatic heterocycles. The van der Waals surface area contributed by atoms with Crippen molar-refractivity contribution in [3.05, 3.63) is 45.6 Å². The largest absolute Gasteiger partial charge is 0.383 e. The zero-order chi connectivity index (χ0) is 12.6. The van der Waals surface area contributed by atoms with E-state index in [1.165, 1.54) is 16.8 Å². The van der Waals surface area contributed by atoms with Crippen molar-refractivity contribution in [3.8, 4) is 0 Å². The Labute approximate surface area is 105 Å². The molecule has 0 spiro atoms. The van der Waals surface area contributed by atoms with Gasteiger partial charge in [-0.15, -0.1) is 0 Å². The lowest BCUT2D eigenvalue weighted by Crippen LogP contribution is -2.06. The first kappa shape index (κ1) is 12.0. The number of halogens is 3. The Morgan fingerprint density at radius 1 is 1.29 bits per heavy atom. The van der Waals surface area contributed by atoms with Crippen molar-refractivity contribution in [2.24, 2.45) is 0 Å². The van der Waals surface area contributed by atoms with Gasteiger partial charge in [-0.1, -0.05) is 0 Å². The lowest BCUT2D eigenvalue weighted by atomic mass is 10.2. The van der Waals surface area contributed by atoms with E-state index >= 15 is 0 Å². The Hall–Kier alpha value is -1.43. The van der Waals surface area contributed by atoms with Crippen LogP contribution in [0.25, 0.3) is 0 Å². The van der Waals surface area contributed by atoms with Crippen molar-refractivity contribution in [3.63, 3.8) is 0 Å². The highest BCUT2D eigenvalue weighted by molar-refractivity contribution is 9.10. The molecule has 3 nitrogen and oxygen atoms in total. The third-order valence-corrected chi connectivity index (χ3v) is 3.33. The van der Waals surface area contributed by atoms with Gasteiger partial charge in [0.2, 0.25) is 0 Å². The summed E-state index contributed by atoms with van der Waals surface area (Å²) in [5, 5.41) is 4.16. The van der Waals surface area contributed by atoms with Crippen LogP contribution < -0.4 is 5.73 Å². The average molecular weight is 302 g/mol. The van der Waals surface area contributed by atoms with E-state index in [1.807, 2.05) is 0 Å². The quantitative estimate of drug-likeness (QED) is 0.927. The number of aromatic nitrogens is 2. The van der Waals surface area contributed by atoms with Crippen LogP contribution in [-0.2, 0) is 6.54 Å². The highest BCUT2D eigenvalue weighted by Crippen LogP contribution is 2.23. The molecule has 0 aliphatic rings. The predicted molar refractivity (Wildman–Crippen MR) is 64.5 cm³/mol. The monoisotopic (exact) mass is 301 g/mol. The molecule has 90 valence electrons. The standard InChI is InChI=1S/C11H10BrF2N3/c1-6-10(12)11(15)17(16-6)5-7-2-8(13)4-9(14)3-7/h2-4H,5,15H2,1H3. The average Bonchev–Trinajstić information content (AvgIpc) is 2.45. The Balaban J connectivity index is 2.34. The first-order valence-electron chi connectivity index (χ1n) is 4.90. The second-order valence-corrected chi connectivity index (χ2v) is 4.51. The molecule has 0 aliphatic heterocycles. The van der Waals surface area contributed by atoms with Gasteiger partial charge in [-0.3, -0.25) is 0 Å². The molecule has 0 fully saturated rings. The summed E-state index contributed by atoms with van der Waals surface area (Å²) in [6, 6.07) is 3.35. The molecule has 1 heterocycles. The first-order chi connectivity index (χ1) is 7.97. The fraction of sp³-hybridized carbons (Fsp3) is 0.182. The van der Waals surface area contributed by atoms with Crippen LogP contribution in [0.3, 0.4) is 0 Å². The molecule has 17 heavy (non-hydrogen) atoms. The van der Waals surface area contributed by atoms with Crippen LogP contribution in [0.15, 0.2) is 22.7 Å². The summed E-state index contributed by atoms with van der Waals surface area (Å²) < 4.78 is 28.2. The van der Waals surface area contributed by atoms with Gasteiger partial charge in [0.15, 0.2) is 0 Å². The summed E-state index contributed by atoms with van der Waals surface area (Å²) in [4.78, 5) is 0. The fourth-order valence-corrected chi connectivity index (χ4v) is 1.86. The minimum absolute atomic E-state index is 0.229. The fourth-order valence-electron chi connectivity index (χ4n) is 1.57. The normalized spacial score (nSPS) is 10.8. The van der Waals surface area contributed by atoms with Gasteiger partial charge in [0.05, 0.1) is 16.7 Å². The van der Waals surface area contributed by atoms with Crippen molar-refractivity contribution in [1.29, 1.82) is 0 Å². The SMILES string of the molecule is Cc1nn(Cc2cc(F)cc(F)c2)c(N)c1Br. The Morgan fingerprint density at radius 2 is 1.88 bits per heavy atom. The maximum absolute atomic E-state index is 13.0. The lowest BCUT2D eigenvalue weighted by molar-refractivity contribution is 0.575. The van der Waals surface area contributed by atoms with Crippen LogP contribution in [0.2, 0.25) is 0 Å². The van der Waals surface area contributed by atoms with Crippen LogP contribution in [-0.4, -0.2) is 9.78 Å². The predicted octanol–water partition coefficient (Wildman–Crippen LogP) is 2.86. The molecule has 0 atom stereocenters. The van der Waals surface area contributed by atoms with Crippen molar-refractivity contribution < 1.29 is 8.78 Å². The number of nitrogen functional groups attached to an aromatic ring is 1. The summed E-state index contributed by atoms with van der Waals surface area (Å²) in [6.07, 6.45) is 0. The summed E-state index contributed by atoms with van der Waals surface area (Å²) in [6.45, 7) is 2.02. The van der Waals surface area contributed by atoms with Gasteiger partial charge in [-0.2, -0.15) is 5.10 Å². The topological polar surface area (TPSA) is 43.8 Å². The maximum atomic E-state index is 13.0. The van der Waals surface area contributed by atoms with Crippen LogP contribution >= 0.6 is 15.9 Å². The number of aryl methyl sites for hydroxylation is 1. The molecule has 0 amide bonds. The molecule has 0 aliphatic carbocycles. The van der Waals surface area contributed by atoms with Crippen LogP contribution in [0.4, 0.5) is 14.6 Å². The van der Waals surface area contributed by atoms with E-state index in [1.54, 1.807) is 6.92 Å². The highest BCUT2D eigenvalue weighted by atomic mass is 79.9. The molecular formula is C11H10BrF2N3. The molecule has 2 rings (SSSR count). The van der Waals surface area contributed by atoms with Crippen molar-refractivity contribution in [1.82, 2.24) is 9.78 Å². The van der Waals surface area contributed by atoms with Crippen molar-refractivity contribution in [2.75, 3.05) is 5.73 Å². The Bertz CT molecular complexity index is 546. The molecule has 6 heteroatoms.